The minimum atomic E-state index is -0.547. The van der Waals surface area contributed by atoms with Gasteiger partial charge in [0.15, 0.2) is 0 Å². The summed E-state index contributed by atoms with van der Waals surface area (Å²) in [5, 5.41) is 9.96. The number of hydrogen-bond acceptors (Lipinski definition) is 5. The van der Waals surface area contributed by atoms with E-state index in [1.165, 1.54) is 0 Å². The van der Waals surface area contributed by atoms with Crippen LogP contribution in [0.4, 0.5) is 16.3 Å². The van der Waals surface area contributed by atoms with Crippen molar-refractivity contribution >= 4 is 23.5 Å². The van der Waals surface area contributed by atoms with Crippen LogP contribution in [0.1, 0.15) is 42.3 Å². The second kappa shape index (κ2) is 10.2. The van der Waals surface area contributed by atoms with Crippen molar-refractivity contribution in [1.82, 2.24) is 15.1 Å². The van der Waals surface area contributed by atoms with Crippen LogP contribution >= 0.6 is 0 Å². The van der Waals surface area contributed by atoms with Gasteiger partial charge in [-0.25, -0.2) is 9.48 Å². The van der Waals surface area contributed by atoms with Gasteiger partial charge in [-0.2, -0.15) is 5.10 Å². The van der Waals surface area contributed by atoms with E-state index in [1.54, 1.807) is 41.2 Å². The fourth-order valence-electron chi connectivity index (χ4n) is 3.09. The lowest BCUT2D eigenvalue weighted by molar-refractivity contribution is 0.0523. The lowest BCUT2D eigenvalue weighted by atomic mass is 10.1. The number of alkyl carbamates (subject to hydrolysis) is 1. The van der Waals surface area contributed by atoms with Crippen molar-refractivity contribution in [3.05, 3.63) is 77.5 Å². The Morgan fingerprint density at radius 2 is 1.61 bits per heavy atom. The van der Waals surface area contributed by atoms with Crippen LogP contribution in [-0.2, 0) is 17.8 Å². The van der Waals surface area contributed by atoms with E-state index in [0.29, 0.717) is 24.5 Å². The molecule has 0 saturated heterocycles. The second-order valence-electron chi connectivity index (χ2n) is 8.94. The number of rotatable bonds is 7. The second-order valence-corrected chi connectivity index (χ2v) is 8.94. The minimum Gasteiger partial charge on any atom is -0.444 e. The number of ether oxygens (including phenoxy) is 1. The molecule has 1 aromatic heterocycles. The van der Waals surface area contributed by atoms with Crippen molar-refractivity contribution < 1.29 is 14.3 Å². The topological polar surface area (TPSA) is 88.5 Å². The average Bonchev–Trinajstić information content (AvgIpc) is 3.18. The summed E-state index contributed by atoms with van der Waals surface area (Å²) in [5.41, 5.74) is 3.04. The third-order valence-corrected chi connectivity index (χ3v) is 4.80. The van der Waals surface area contributed by atoms with Crippen LogP contribution in [0.2, 0.25) is 0 Å². The van der Waals surface area contributed by atoms with Gasteiger partial charge in [0.1, 0.15) is 11.4 Å². The summed E-state index contributed by atoms with van der Waals surface area (Å²) in [4.78, 5) is 26.6. The smallest absolute Gasteiger partial charge is 0.407 e. The largest absolute Gasteiger partial charge is 0.444 e. The van der Waals surface area contributed by atoms with E-state index in [1.807, 2.05) is 51.9 Å². The molecule has 3 rings (SSSR count). The zero-order valence-electron chi connectivity index (χ0n) is 19.8. The van der Waals surface area contributed by atoms with Crippen molar-refractivity contribution in [2.45, 2.75) is 39.5 Å². The van der Waals surface area contributed by atoms with Crippen LogP contribution < -0.4 is 15.5 Å². The predicted molar refractivity (Wildman–Crippen MR) is 130 cm³/mol. The van der Waals surface area contributed by atoms with E-state index in [4.69, 9.17) is 4.74 Å². The van der Waals surface area contributed by atoms with Gasteiger partial charge in [-0.1, -0.05) is 24.3 Å². The highest BCUT2D eigenvalue weighted by atomic mass is 16.6. The Morgan fingerprint density at radius 1 is 0.970 bits per heavy atom. The normalized spacial score (nSPS) is 11.1. The van der Waals surface area contributed by atoms with Crippen LogP contribution in [0.3, 0.4) is 0 Å². The van der Waals surface area contributed by atoms with Crippen LogP contribution in [0, 0.1) is 0 Å². The first-order valence-electron chi connectivity index (χ1n) is 10.8. The molecule has 0 unspecified atom stereocenters. The Kier molecular flexibility index (Phi) is 7.37. The van der Waals surface area contributed by atoms with Crippen molar-refractivity contribution in [2.75, 3.05) is 24.3 Å². The van der Waals surface area contributed by atoms with Crippen molar-refractivity contribution in [1.29, 1.82) is 0 Å². The van der Waals surface area contributed by atoms with Gasteiger partial charge in [0.25, 0.3) is 5.91 Å². The van der Waals surface area contributed by atoms with Crippen LogP contribution in [0.5, 0.6) is 0 Å². The molecule has 3 aromatic rings. The van der Waals surface area contributed by atoms with E-state index in [2.05, 4.69) is 27.9 Å². The van der Waals surface area contributed by atoms with Gasteiger partial charge in [-0.3, -0.25) is 4.79 Å². The molecule has 0 saturated carbocycles. The summed E-state index contributed by atoms with van der Waals surface area (Å²) in [6.45, 7) is 6.30. The fraction of sp³-hybridized carbons (Fsp3) is 0.320. The molecule has 0 aliphatic heterocycles. The molecule has 2 amide bonds. The number of hydrogen-bond donors (Lipinski definition) is 2. The van der Waals surface area contributed by atoms with E-state index < -0.39 is 11.7 Å². The zero-order chi connectivity index (χ0) is 24.0. The minimum absolute atomic E-state index is 0.230. The quantitative estimate of drug-likeness (QED) is 0.562. The summed E-state index contributed by atoms with van der Waals surface area (Å²) in [5.74, 6) is 0.388. The summed E-state index contributed by atoms with van der Waals surface area (Å²) < 4.78 is 6.98. The monoisotopic (exact) mass is 449 g/mol. The molecule has 174 valence electrons. The Morgan fingerprint density at radius 3 is 2.21 bits per heavy atom. The van der Waals surface area contributed by atoms with Gasteiger partial charge in [0.2, 0.25) is 0 Å². The van der Waals surface area contributed by atoms with Gasteiger partial charge < -0.3 is 20.3 Å². The Hall–Kier alpha value is -3.81. The Bertz CT molecular complexity index is 1080. The van der Waals surface area contributed by atoms with Gasteiger partial charge >= 0.3 is 6.09 Å². The van der Waals surface area contributed by atoms with Crippen molar-refractivity contribution in [2.24, 2.45) is 0 Å². The highest BCUT2D eigenvalue weighted by Crippen LogP contribution is 2.16. The Balaban J connectivity index is 1.57. The molecule has 2 N–H and O–H groups in total. The van der Waals surface area contributed by atoms with Gasteiger partial charge in [-0.15, -0.1) is 0 Å². The number of nitrogens with one attached hydrogen (secondary N) is 2. The number of aromatic nitrogens is 2. The van der Waals surface area contributed by atoms with E-state index in [-0.39, 0.29) is 5.91 Å². The maximum atomic E-state index is 12.7. The maximum Gasteiger partial charge on any atom is 0.407 e. The van der Waals surface area contributed by atoms with Gasteiger partial charge in [0, 0.05) is 38.0 Å². The van der Waals surface area contributed by atoms with Crippen molar-refractivity contribution in [3.8, 4) is 0 Å². The first kappa shape index (κ1) is 23.8. The third-order valence-electron chi connectivity index (χ3n) is 4.80. The molecule has 0 radical (unpaired) electrons. The number of carbonyl (C=O) groups excluding carboxylic acids is 2. The molecule has 0 fully saturated rings. The van der Waals surface area contributed by atoms with Crippen LogP contribution in [-0.4, -0.2) is 41.5 Å². The highest BCUT2D eigenvalue weighted by molar-refractivity contribution is 6.03. The molecule has 8 nitrogen and oxygen atoms in total. The number of amides is 2. The maximum absolute atomic E-state index is 12.7. The fourth-order valence-corrected chi connectivity index (χ4v) is 3.09. The van der Waals surface area contributed by atoms with Gasteiger partial charge in [-0.05, 0) is 56.2 Å². The first-order chi connectivity index (χ1) is 15.6. The van der Waals surface area contributed by atoms with E-state index >= 15 is 0 Å². The zero-order valence-corrected chi connectivity index (χ0v) is 19.8. The van der Waals surface area contributed by atoms with E-state index in [0.717, 1.165) is 16.8 Å². The molecule has 8 heteroatoms. The average molecular weight is 450 g/mol. The number of benzene rings is 2. The molecule has 33 heavy (non-hydrogen) atoms. The SMILES string of the molecule is CN(C)c1ccc(Cn2nccc2NC(=O)c2ccc(CNC(=O)OC(C)(C)C)cc2)cc1. The van der Waals surface area contributed by atoms with Crippen molar-refractivity contribution in [3.63, 3.8) is 0 Å². The molecule has 0 atom stereocenters. The van der Waals surface area contributed by atoms with Crippen LogP contribution in [0.15, 0.2) is 60.8 Å². The summed E-state index contributed by atoms with van der Waals surface area (Å²) >= 11 is 0. The molecule has 0 aliphatic carbocycles. The summed E-state index contributed by atoms with van der Waals surface area (Å²) in [7, 11) is 4.00. The molecule has 0 spiro atoms. The molecule has 2 aromatic carbocycles. The molecule has 0 aliphatic rings. The standard InChI is InChI=1S/C25H31N5O3/c1-25(2,3)33-24(32)26-16-18-6-10-20(11-7-18)23(31)28-22-14-15-27-30(22)17-19-8-12-21(13-9-19)29(4)5/h6-15H,16-17H2,1-5H3,(H,26,32)(H,28,31). The van der Waals surface area contributed by atoms with Gasteiger partial charge in [0.05, 0.1) is 12.7 Å². The predicted octanol–water partition coefficient (Wildman–Crippen LogP) is 4.27. The lowest BCUT2D eigenvalue weighted by Gasteiger charge is -2.19. The molecule has 1 heterocycles. The number of carbonyl (C=O) groups is 2. The van der Waals surface area contributed by atoms with E-state index in [9.17, 15) is 9.59 Å². The molecular formula is C25H31N5O3. The lowest BCUT2D eigenvalue weighted by Crippen LogP contribution is -2.32. The van der Waals surface area contributed by atoms with Crippen LogP contribution in [0.25, 0.3) is 0 Å². The first-order valence-corrected chi connectivity index (χ1v) is 10.8. The summed E-state index contributed by atoms with van der Waals surface area (Å²) in [6, 6.07) is 17.0. The molecule has 0 bridgehead atoms. The number of anilines is 2. The Labute approximate surface area is 194 Å². The molecular weight excluding hydrogens is 418 g/mol. The summed E-state index contributed by atoms with van der Waals surface area (Å²) in [6.07, 6.45) is 1.18. The third kappa shape index (κ3) is 7.10. The highest BCUT2D eigenvalue weighted by Gasteiger charge is 2.16. The number of nitrogens with zero attached hydrogens (tertiary/aromatic N) is 3.